The molecular formula is C13H15BrN4O. The Kier molecular flexibility index (Phi) is 4.58. The van der Waals surface area contributed by atoms with Crippen molar-refractivity contribution >= 4 is 15.9 Å². The quantitative estimate of drug-likeness (QED) is 0.806. The molecule has 6 heteroatoms. The molecule has 100 valence electrons. The maximum absolute atomic E-state index is 9.61. The minimum Gasteiger partial charge on any atom is -0.361 e. The van der Waals surface area contributed by atoms with E-state index in [0.29, 0.717) is 17.4 Å². The molecule has 1 aliphatic heterocycles. The number of ether oxygens (including phenoxy) is 1. The van der Waals surface area contributed by atoms with E-state index < -0.39 is 17.1 Å². The highest BCUT2D eigenvalue weighted by molar-refractivity contribution is 9.11. The number of methoxy groups -OCH3 is 1. The molecule has 0 saturated heterocycles. The van der Waals surface area contributed by atoms with Gasteiger partial charge in [-0.1, -0.05) is 13.8 Å². The summed E-state index contributed by atoms with van der Waals surface area (Å²) in [6.45, 7) is 3.80. The van der Waals surface area contributed by atoms with Crippen molar-refractivity contribution in [3.8, 4) is 18.2 Å². The number of rotatable bonds is 3. The van der Waals surface area contributed by atoms with Crippen LogP contribution >= 0.6 is 15.9 Å². The first-order valence-corrected chi connectivity index (χ1v) is 6.75. The molecule has 0 fully saturated rings. The summed E-state index contributed by atoms with van der Waals surface area (Å²) in [7, 11) is 1.52. The SMILES string of the molecule is CCC1(CC)C(OC)NC(Br)=C(C#N)C1(C#N)C#N. The van der Waals surface area contributed by atoms with Crippen molar-refractivity contribution in [3.05, 3.63) is 10.2 Å². The van der Waals surface area contributed by atoms with Gasteiger partial charge in [-0.15, -0.1) is 0 Å². The minimum absolute atomic E-state index is 0.120. The highest BCUT2D eigenvalue weighted by Gasteiger charge is 2.61. The highest BCUT2D eigenvalue weighted by atomic mass is 79.9. The highest BCUT2D eigenvalue weighted by Crippen LogP contribution is 2.55. The number of hydrogen-bond acceptors (Lipinski definition) is 5. The summed E-state index contributed by atoms with van der Waals surface area (Å²) in [5, 5.41) is 31.6. The number of nitrogens with zero attached hydrogens (tertiary/aromatic N) is 3. The Bertz CT molecular complexity index is 502. The van der Waals surface area contributed by atoms with E-state index in [2.05, 4.69) is 33.4 Å². The van der Waals surface area contributed by atoms with Crippen LogP contribution in [0, 0.1) is 44.8 Å². The molecule has 0 spiro atoms. The predicted molar refractivity (Wildman–Crippen MR) is 72.2 cm³/mol. The number of halogens is 1. The fourth-order valence-corrected chi connectivity index (χ4v) is 3.46. The first-order valence-electron chi connectivity index (χ1n) is 5.95. The largest absolute Gasteiger partial charge is 0.361 e. The van der Waals surface area contributed by atoms with Crippen LogP contribution in [0.15, 0.2) is 10.2 Å². The van der Waals surface area contributed by atoms with Gasteiger partial charge in [0.2, 0.25) is 0 Å². The molecule has 0 aromatic rings. The molecule has 1 atom stereocenters. The fourth-order valence-electron chi connectivity index (χ4n) is 2.86. The second-order valence-electron chi connectivity index (χ2n) is 4.40. The topological polar surface area (TPSA) is 92.6 Å². The van der Waals surface area contributed by atoms with Crippen molar-refractivity contribution < 1.29 is 4.74 Å². The zero-order valence-corrected chi connectivity index (χ0v) is 12.7. The van der Waals surface area contributed by atoms with Crippen LogP contribution in [0.1, 0.15) is 26.7 Å². The van der Waals surface area contributed by atoms with Crippen LogP contribution < -0.4 is 5.32 Å². The van der Waals surface area contributed by atoms with Crippen LogP contribution in [0.2, 0.25) is 0 Å². The lowest BCUT2D eigenvalue weighted by atomic mass is 9.56. The van der Waals surface area contributed by atoms with Gasteiger partial charge in [-0.05, 0) is 28.8 Å². The van der Waals surface area contributed by atoms with E-state index in [4.69, 9.17) is 4.74 Å². The van der Waals surface area contributed by atoms with Crippen molar-refractivity contribution in [2.45, 2.75) is 32.9 Å². The maximum Gasteiger partial charge on any atom is 0.190 e. The van der Waals surface area contributed by atoms with Gasteiger partial charge in [0.15, 0.2) is 5.41 Å². The van der Waals surface area contributed by atoms with E-state index in [1.165, 1.54) is 7.11 Å². The smallest absolute Gasteiger partial charge is 0.190 e. The monoisotopic (exact) mass is 322 g/mol. The normalized spacial score (nSPS) is 23.7. The summed E-state index contributed by atoms with van der Waals surface area (Å²) >= 11 is 3.23. The Morgan fingerprint density at radius 1 is 1.26 bits per heavy atom. The Morgan fingerprint density at radius 3 is 2.11 bits per heavy atom. The summed E-state index contributed by atoms with van der Waals surface area (Å²) in [6, 6.07) is 6.11. The van der Waals surface area contributed by atoms with Crippen LogP contribution in [0.5, 0.6) is 0 Å². The van der Waals surface area contributed by atoms with E-state index >= 15 is 0 Å². The maximum atomic E-state index is 9.61. The van der Waals surface area contributed by atoms with Gasteiger partial charge in [0.25, 0.3) is 0 Å². The van der Waals surface area contributed by atoms with Gasteiger partial charge in [0, 0.05) is 7.11 Å². The Balaban J connectivity index is 3.73. The molecule has 5 nitrogen and oxygen atoms in total. The second kappa shape index (κ2) is 5.61. The third kappa shape index (κ3) is 1.82. The van der Waals surface area contributed by atoms with Crippen molar-refractivity contribution in [3.63, 3.8) is 0 Å². The molecule has 1 heterocycles. The fraction of sp³-hybridized carbons (Fsp3) is 0.615. The van der Waals surface area contributed by atoms with E-state index in [0.717, 1.165) is 0 Å². The zero-order valence-electron chi connectivity index (χ0n) is 11.1. The Labute approximate surface area is 121 Å². The van der Waals surface area contributed by atoms with E-state index in [-0.39, 0.29) is 5.57 Å². The molecule has 1 unspecified atom stereocenters. The summed E-state index contributed by atoms with van der Waals surface area (Å²) in [4.78, 5) is 0. The molecule has 0 radical (unpaired) electrons. The van der Waals surface area contributed by atoms with Crippen LogP contribution in [0.3, 0.4) is 0 Å². The average Bonchev–Trinajstić information content (AvgIpc) is 2.45. The lowest BCUT2D eigenvalue weighted by Gasteiger charge is -2.49. The van der Waals surface area contributed by atoms with Crippen molar-refractivity contribution in [1.82, 2.24) is 5.32 Å². The van der Waals surface area contributed by atoms with E-state index in [1.807, 2.05) is 19.9 Å². The standard InChI is InChI=1S/C13H15BrN4O/c1-4-12(5-2)11(19-3)18-10(14)9(6-15)13(12,7-16)8-17/h11,18H,4-5H2,1-3H3. The van der Waals surface area contributed by atoms with Gasteiger partial charge in [0.1, 0.15) is 12.3 Å². The lowest BCUT2D eigenvalue weighted by Crippen LogP contribution is -2.58. The molecule has 1 rings (SSSR count). The van der Waals surface area contributed by atoms with E-state index in [1.54, 1.807) is 0 Å². The molecule has 0 aromatic heterocycles. The third-order valence-corrected chi connectivity index (χ3v) is 4.67. The Morgan fingerprint density at radius 2 is 1.79 bits per heavy atom. The van der Waals surface area contributed by atoms with Crippen LogP contribution in [-0.2, 0) is 4.74 Å². The van der Waals surface area contributed by atoms with Crippen LogP contribution in [-0.4, -0.2) is 13.3 Å². The lowest BCUT2D eigenvalue weighted by molar-refractivity contribution is -0.0729. The van der Waals surface area contributed by atoms with Crippen LogP contribution in [0.25, 0.3) is 0 Å². The van der Waals surface area contributed by atoms with Crippen molar-refractivity contribution in [1.29, 1.82) is 15.8 Å². The van der Waals surface area contributed by atoms with Crippen molar-refractivity contribution in [2.24, 2.45) is 10.8 Å². The zero-order chi connectivity index (χ0) is 14.7. The molecular weight excluding hydrogens is 308 g/mol. The van der Waals surface area contributed by atoms with Gasteiger partial charge < -0.3 is 10.1 Å². The molecule has 0 saturated carbocycles. The Hall–Kier alpha value is -1.55. The number of nitrogens with one attached hydrogen (secondary N) is 1. The average molecular weight is 323 g/mol. The number of hydrogen-bond donors (Lipinski definition) is 1. The van der Waals surface area contributed by atoms with Crippen LogP contribution in [0.4, 0.5) is 0 Å². The first kappa shape index (κ1) is 15.5. The summed E-state index contributed by atoms with van der Waals surface area (Å²) in [6.07, 6.45) is 0.580. The van der Waals surface area contributed by atoms with Gasteiger partial charge in [-0.2, -0.15) is 15.8 Å². The summed E-state index contributed by atoms with van der Waals surface area (Å²) in [5.41, 5.74) is -2.17. The van der Waals surface area contributed by atoms with Gasteiger partial charge >= 0.3 is 0 Å². The van der Waals surface area contributed by atoms with Gasteiger partial charge in [0.05, 0.1) is 27.7 Å². The first-order chi connectivity index (χ1) is 9.03. The second-order valence-corrected chi connectivity index (χ2v) is 5.19. The molecule has 1 N–H and O–H groups in total. The number of allylic oxidation sites excluding steroid dienone is 1. The van der Waals surface area contributed by atoms with Gasteiger partial charge in [-0.3, -0.25) is 0 Å². The molecule has 0 aliphatic carbocycles. The minimum atomic E-state index is -1.52. The van der Waals surface area contributed by atoms with Crippen molar-refractivity contribution in [2.75, 3.05) is 7.11 Å². The van der Waals surface area contributed by atoms with Gasteiger partial charge in [-0.25, -0.2) is 0 Å². The molecule has 1 aliphatic rings. The number of nitriles is 3. The molecule has 0 aromatic carbocycles. The molecule has 0 bridgehead atoms. The molecule has 0 amide bonds. The summed E-state index contributed by atoms with van der Waals surface area (Å²) < 4.78 is 5.77. The molecule has 19 heavy (non-hydrogen) atoms. The van der Waals surface area contributed by atoms with E-state index in [9.17, 15) is 15.8 Å². The predicted octanol–water partition coefficient (Wildman–Crippen LogP) is 2.53. The third-order valence-electron chi connectivity index (χ3n) is 4.05. The summed E-state index contributed by atoms with van der Waals surface area (Å²) in [5.74, 6) is 0.